The van der Waals surface area contributed by atoms with Gasteiger partial charge >= 0.3 is 0 Å². The van der Waals surface area contributed by atoms with Gasteiger partial charge in [0.2, 0.25) is 5.91 Å². The van der Waals surface area contributed by atoms with Crippen molar-refractivity contribution in [3.63, 3.8) is 0 Å². The lowest BCUT2D eigenvalue weighted by atomic mass is 10.3. The first-order valence-electron chi connectivity index (χ1n) is 7.30. The van der Waals surface area contributed by atoms with Gasteiger partial charge in [-0.15, -0.1) is 0 Å². The third-order valence-corrected chi connectivity index (χ3v) is 5.38. The Kier molecular flexibility index (Phi) is 7.92. The van der Waals surface area contributed by atoms with Crippen LogP contribution in [0.25, 0.3) is 0 Å². The third-order valence-electron chi connectivity index (χ3n) is 3.27. The van der Waals surface area contributed by atoms with Gasteiger partial charge < -0.3 is 10.2 Å². The number of benzene rings is 1. The van der Waals surface area contributed by atoms with E-state index in [1.807, 2.05) is 0 Å². The molecule has 0 spiro atoms. The summed E-state index contributed by atoms with van der Waals surface area (Å²) in [6, 6.07) is 6.62. The molecule has 1 aromatic carbocycles. The van der Waals surface area contributed by atoms with Crippen molar-refractivity contribution in [2.45, 2.75) is 18.7 Å². The van der Waals surface area contributed by atoms with E-state index in [9.17, 15) is 9.00 Å². The lowest BCUT2D eigenvalue weighted by Crippen LogP contribution is -2.26. The maximum Gasteiger partial charge on any atom is 0.234 e. The Hall–Kier alpha value is -1.05. The van der Waals surface area contributed by atoms with E-state index in [1.54, 1.807) is 36.0 Å². The van der Waals surface area contributed by atoms with Crippen LogP contribution in [0.2, 0.25) is 0 Å². The number of hydrogen-bond acceptors (Lipinski definition) is 5. The molecule has 0 fully saturated rings. The van der Waals surface area contributed by atoms with Crippen molar-refractivity contribution >= 4 is 33.1 Å². The highest BCUT2D eigenvalue weighted by molar-refractivity contribution is 7.99. The molecule has 1 amide bonds. The predicted octanol–water partition coefficient (Wildman–Crippen LogP) is 2.74. The number of hydrogen-bond donors (Lipinski definition) is 2. The molecule has 22 heavy (non-hydrogen) atoms. The Morgan fingerprint density at radius 2 is 1.86 bits per heavy atom. The van der Waals surface area contributed by atoms with E-state index < -0.39 is 9.73 Å². The molecule has 1 unspecified atom stereocenters. The fourth-order valence-electron chi connectivity index (χ4n) is 1.89. The standard InChI is InChI=1S/C15H25N3O2S2/c1-4-18(5-2)10-11-21-12-15(19)17-13-6-8-14(9-7-13)22(3,16)20/h6-9,16H,4-5,10-12H2,1-3H3,(H,17,19). The summed E-state index contributed by atoms with van der Waals surface area (Å²) in [6.07, 6.45) is 1.38. The second-order valence-corrected chi connectivity index (χ2v) is 8.26. The van der Waals surface area contributed by atoms with Crippen LogP contribution in [0.4, 0.5) is 5.69 Å². The predicted molar refractivity (Wildman–Crippen MR) is 95.2 cm³/mol. The molecule has 2 N–H and O–H groups in total. The fraction of sp³-hybridized carbons (Fsp3) is 0.533. The largest absolute Gasteiger partial charge is 0.325 e. The number of rotatable bonds is 9. The Morgan fingerprint density at radius 3 is 2.36 bits per heavy atom. The number of amides is 1. The molecule has 0 bridgehead atoms. The van der Waals surface area contributed by atoms with E-state index in [-0.39, 0.29) is 5.91 Å². The maximum atomic E-state index is 11.8. The second kappa shape index (κ2) is 9.17. The highest BCUT2D eigenvalue weighted by atomic mass is 32.2. The minimum Gasteiger partial charge on any atom is -0.325 e. The summed E-state index contributed by atoms with van der Waals surface area (Å²) in [5.74, 6) is 1.32. The van der Waals surface area contributed by atoms with Crippen molar-refractivity contribution in [1.29, 1.82) is 4.78 Å². The lowest BCUT2D eigenvalue weighted by molar-refractivity contribution is -0.113. The minimum atomic E-state index is -2.70. The number of anilines is 1. The molecule has 0 aliphatic rings. The smallest absolute Gasteiger partial charge is 0.234 e. The van der Waals surface area contributed by atoms with Gasteiger partial charge in [0.15, 0.2) is 0 Å². The molecule has 0 aliphatic carbocycles. The summed E-state index contributed by atoms with van der Waals surface area (Å²) in [7, 11) is -2.70. The quantitative estimate of drug-likeness (QED) is 0.676. The van der Waals surface area contributed by atoms with Crippen LogP contribution in [-0.2, 0) is 14.5 Å². The van der Waals surface area contributed by atoms with E-state index in [0.717, 1.165) is 25.4 Å². The van der Waals surface area contributed by atoms with Crippen molar-refractivity contribution in [1.82, 2.24) is 4.90 Å². The van der Waals surface area contributed by atoms with E-state index >= 15 is 0 Å². The highest BCUT2D eigenvalue weighted by Gasteiger charge is 2.06. The first-order valence-corrected chi connectivity index (χ1v) is 10.4. The van der Waals surface area contributed by atoms with Gasteiger partial charge in [0.05, 0.1) is 15.5 Å². The molecule has 0 aromatic heterocycles. The van der Waals surface area contributed by atoms with Crippen molar-refractivity contribution < 1.29 is 9.00 Å². The van der Waals surface area contributed by atoms with Crippen LogP contribution in [0.15, 0.2) is 29.2 Å². The van der Waals surface area contributed by atoms with Crippen LogP contribution in [0.1, 0.15) is 13.8 Å². The van der Waals surface area contributed by atoms with E-state index in [0.29, 0.717) is 16.3 Å². The van der Waals surface area contributed by atoms with Gasteiger partial charge in [-0.2, -0.15) is 11.8 Å². The van der Waals surface area contributed by atoms with Crippen molar-refractivity contribution in [2.24, 2.45) is 0 Å². The Morgan fingerprint density at radius 1 is 1.27 bits per heavy atom. The van der Waals surface area contributed by atoms with Crippen LogP contribution in [-0.4, -0.2) is 52.4 Å². The zero-order valence-corrected chi connectivity index (χ0v) is 15.1. The first kappa shape index (κ1) is 19.0. The maximum absolute atomic E-state index is 11.8. The molecule has 7 heteroatoms. The molecule has 1 aromatic rings. The SMILES string of the molecule is CCN(CC)CCSCC(=O)Nc1ccc(S(C)(=N)=O)cc1. The monoisotopic (exact) mass is 343 g/mol. The summed E-state index contributed by atoms with van der Waals surface area (Å²) < 4.78 is 19.1. The number of carbonyl (C=O) groups excluding carboxylic acids is 1. The van der Waals surface area contributed by atoms with Crippen molar-refractivity contribution in [2.75, 3.05) is 42.7 Å². The highest BCUT2D eigenvalue weighted by Crippen LogP contribution is 2.14. The molecular weight excluding hydrogens is 318 g/mol. The Labute approximate surface area is 137 Å². The first-order chi connectivity index (χ1) is 10.4. The molecule has 0 heterocycles. The zero-order valence-electron chi connectivity index (χ0n) is 13.4. The molecule has 5 nitrogen and oxygen atoms in total. The van der Waals surface area contributed by atoms with Crippen LogP contribution in [0.3, 0.4) is 0 Å². The Balaban J connectivity index is 2.36. The molecule has 1 rings (SSSR count). The summed E-state index contributed by atoms with van der Waals surface area (Å²) in [5, 5.41) is 2.81. The van der Waals surface area contributed by atoms with E-state index in [1.165, 1.54) is 6.26 Å². The van der Waals surface area contributed by atoms with E-state index in [4.69, 9.17) is 4.78 Å². The number of nitrogens with one attached hydrogen (secondary N) is 2. The number of carbonyl (C=O) groups is 1. The molecule has 0 radical (unpaired) electrons. The molecule has 0 saturated heterocycles. The average molecular weight is 344 g/mol. The third kappa shape index (κ3) is 6.81. The van der Waals surface area contributed by atoms with Crippen molar-refractivity contribution in [3.05, 3.63) is 24.3 Å². The van der Waals surface area contributed by atoms with Gasteiger partial charge in [-0.1, -0.05) is 13.8 Å². The minimum absolute atomic E-state index is 0.0413. The van der Waals surface area contributed by atoms with Gasteiger partial charge in [0.1, 0.15) is 0 Å². The van der Waals surface area contributed by atoms with Crippen LogP contribution in [0, 0.1) is 4.78 Å². The van der Waals surface area contributed by atoms with Crippen LogP contribution >= 0.6 is 11.8 Å². The lowest BCUT2D eigenvalue weighted by Gasteiger charge is -2.17. The van der Waals surface area contributed by atoms with Crippen molar-refractivity contribution in [3.8, 4) is 0 Å². The van der Waals surface area contributed by atoms with Crippen LogP contribution in [0.5, 0.6) is 0 Å². The summed E-state index contributed by atoms with van der Waals surface area (Å²) >= 11 is 1.62. The van der Waals surface area contributed by atoms with E-state index in [2.05, 4.69) is 24.1 Å². The van der Waals surface area contributed by atoms with Gasteiger partial charge in [0.25, 0.3) is 0 Å². The molecule has 0 aliphatic heterocycles. The van der Waals surface area contributed by atoms with Gasteiger partial charge in [0, 0.05) is 29.1 Å². The number of thioether (sulfide) groups is 1. The molecular formula is C15H25N3O2S2. The molecule has 124 valence electrons. The Bertz CT molecular complexity index is 567. The second-order valence-electron chi connectivity index (χ2n) is 5.00. The molecule has 0 saturated carbocycles. The fourth-order valence-corrected chi connectivity index (χ4v) is 3.34. The number of nitrogens with zero attached hydrogens (tertiary/aromatic N) is 1. The average Bonchev–Trinajstić information content (AvgIpc) is 2.47. The summed E-state index contributed by atoms with van der Waals surface area (Å²) in [5.41, 5.74) is 0.668. The molecule has 1 atom stereocenters. The summed E-state index contributed by atoms with van der Waals surface area (Å²) in [4.78, 5) is 14.6. The van der Waals surface area contributed by atoms with Crippen LogP contribution < -0.4 is 5.32 Å². The zero-order chi connectivity index (χ0) is 16.6. The normalized spacial score (nSPS) is 13.8. The van der Waals surface area contributed by atoms with Gasteiger partial charge in [-0.05, 0) is 37.4 Å². The topological polar surface area (TPSA) is 73.3 Å². The van der Waals surface area contributed by atoms with Gasteiger partial charge in [-0.25, -0.2) is 8.99 Å². The summed E-state index contributed by atoms with van der Waals surface area (Å²) in [6.45, 7) is 7.33. The van der Waals surface area contributed by atoms with Gasteiger partial charge in [-0.3, -0.25) is 4.79 Å².